The molecule has 10 aromatic carbocycles. The largest absolute Gasteiger partial charge is 0.452 e. The van der Waals surface area contributed by atoms with Crippen LogP contribution >= 0.6 is 0 Å². The van der Waals surface area contributed by atoms with Crippen LogP contribution in [0.4, 0.5) is 0 Å². The summed E-state index contributed by atoms with van der Waals surface area (Å²) >= 11 is 0. The molecule has 19 heteroatoms. The summed E-state index contributed by atoms with van der Waals surface area (Å²) in [4.78, 5) is 44.9. The first-order chi connectivity index (χ1) is 52.7. The van der Waals surface area contributed by atoms with Gasteiger partial charge in [-0.3, -0.25) is 0 Å². The number of ether oxygens (including phenoxy) is 15. The minimum Gasteiger partial charge on any atom is -0.452 e. The number of carbonyl (C=O) groups is 3. The molecule has 3 saturated heterocycles. The Labute approximate surface area is 622 Å². The number of hydrogen-bond donors (Lipinski definition) is 1. The number of hydrogen-bond acceptors (Lipinski definition) is 19. The third kappa shape index (κ3) is 21.2. The molecule has 3 aliphatic rings. The Hall–Kier alpha value is -9.91. The summed E-state index contributed by atoms with van der Waals surface area (Å²) in [5, 5.41) is 12.4. The second-order valence-electron chi connectivity index (χ2n) is 26.1. The van der Waals surface area contributed by atoms with E-state index in [9.17, 15) is 14.7 Å². The van der Waals surface area contributed by atoms with Crippen molar-refractivity contribution in [2.24, 2.45) is 0 Å². The van der Waals surface area contributed by atoms with Gasteiger partial charge in [-0.2, -0.15) is 0 Å². The third-order valence-corrected chi connectivity index (χ3v) is 18.5. The maximum absolute atomic E-state index is 15.0. The lowest BCUT2D eigenvalue weighted by Gasteiger charge is -2.48. The zero-order chi connectivity index (χ0) is 73.2. The lowest BCUT2D eigenvalue weighted by molar-refractivity contribution is -0.351. The molecule has 0 bridgehead atoms. The number of benzene rings is 10. The minimum absolute atomic E-state index is 0.0179. The molecule has 0 unspecified atom stereocenters. The van der Waals surface area contributed by atoms with Gasteiger partial charge in [0.1, 0.15) is 54.9 Å². The van der Waals surface area contributed by atoms with Crippen molar-refractivity contribution in [3.8, 4) is 0 Å². The van der Waals surface area contributed by atoms with Crippen LogP contribution in [-0.4, -0.2) is 135 Å². The van der Waals surface area contributed by atoms with Crippen molar-refractivity contribution in [3.05, 3.63) is 359 Å². The van der Waals surface area contributed by atoms with Crippen LogP contribution in [0, 0.1) is 0 Å². The van der Waals surface area contributed by atoms with Crippen molar-refractivity contribution in [2.45, 2.75) is 138 Å². The summed E-state index contributed by atoms with van der Waals surface area (Å²) in [6.45, 7) is -0.253. The van der Waals surface area contributed by atoms with Gasteiger partial charge in [-0.05, 0) is 75.3 Å². The number of aliphatic hydroxyl groups is 1. The van der Waals surface area contributed by atoms with Gasteiger partial charge < -0.3 is 76.2 Å². The van der Waals surface area contributed by atoms with E-state index in [4.69, 9.17) is 71.1 Å². The molecular formula is C88H86O19. The van der Waals surface area contributed by atoms with Crippen LogP contribution in [0.5, 0.6) is 0 Å². The second kappa shape index (κ2) is 39.1. The van der Waals surface area contributed by atoms with Crippen molar-refractivity contribution < 1.29 is 90.5 Å². The standard InChI is InChI=1S/C88H86O19/c89-83(68-45-25-8-26-46-68)105-76-73(60-100-87-81(99-57-67-43-23-7-24-44-67)78(97-55-65-39-19-5-20-40-65)74(94-52-62-33-13-2-14-34-62)71(103-87)58-93-51-61-31-11-1-12-32-61)104-88(82(107-85(91)70-49-29-10-30-50-70)79(76)106-84(90)69-47-27-9-28-48-69)101-59-72-75(95-53-63-35-15-3-16-36-63)77(96-54-64-37-17-4-18-38-64)80(86(92)102-72)98-56-66-41-21-6-22-42-66/h1-50,71-82,86-88,92H,51-60H2/t71-,72-,73-,74-,75-,76-,77+,78+,79+,80-,81-,82-,86+,87-,88-/m1/s1. The topological polar surface area (TPSA) is 210 Å². The summed E-state index contributed by atoms with van der Waals surface area (Å²) in [6, 6.07) is 92.1. The molecule has 0 saturated carbocycles. The molecule has 19 nitrogen and oxygen atoms in total. The zero-order valence-electron chi connectivity index (χ0n) is 58.9. The number of carbonyl (C=O) groups excluding carboxylic acids is 3. The molecule has 3 fully saturated rings. The van der Waals surface area contributed by atoms with E-state index in [-0.39, 0.29) is 69.5 Å². The Morgan fingerprint density at radius 2 is 0.495 bits per heavy atom. The number of aliphatic hydroxyl groups excluding tert-OH is 1. The molecule has 0 spiro atoms. The Morgan fingerprint density at radius 1 is 0.243 bits per heavy atom. The maximum Gasteiger partial charge on any atom is 0.338 e. The molecule has 15 atom stereocenters. The number of esters is 3. The maximum atomic E-state index is 15.0. The van der Waals surface area contributed by atoms with Gasteiger partial charge >= 0.3 is 17.9 Å². The molecule has 1 N–H and O–H groups in total. The van der Waals surface area contributed by atoms with Crippen molar-refractivity contribution in [1.29, 1.82) is 0 Å². The highest BCUT2D eigenvalue weighted by molar-refractivity contribution is 5.91. The quantitative estimate of drug-likeness (QED) is 0.0293. The zero-order valence-corrected chi connectivity index (χ0v) is 58.9. The van der Waals surface area contributed by atoms with Crippen LogP contribution in [0.15, 0.2) is 303 Å². The van der Waals surface area contributed by atoms with Gasteiger partial charge in [0.15, 0.2) is 37.2 Å². The van der Waals surface area contributed by atoms with Crippen molar-refractivity contribution in [1.82, 2.24) is 0 Å². The predicted octanol–water partition coefficient (Wildman–Crippen LogP) is 13.6. The highest BCUT2D eigenvalue weighted by atomic mass is 16.8. The van der Waals surface area contributed by atoms with Crippen LogP contribution in [0.2, 0.25) is 0 Å². The van der Waals surface area contributed by atoms with Crippen LogP contribution in [0.3, 0.4) is 0 Å². The first-order valence-corrected chi connectivity index (χ1v) is 35.9. The van der Waals surface area contributed by atoms with Crippen LogP contribution in [-0.2, 0) is 117 Å². The van der Waals surface area contributed by atoms with E-state index in [0.717, 1.165) is 38.9 Å². The Kier molecular flexibility index (Phi) is 27.5. The fourth-order valence-corrected chi connectivity index (χ4v) is 13.0. The number of rotatable bonds is 34. The molecular weight excluding hydrogens is 1360 g/mol. The molecule has 0 amide bonds. The van der Waals surface area contributed by atoms with Crippen molar-refractivity contribution in [3.63, 3.8) is 0 Å². The lowest BCUT2D eigenvalue weighted by atomic mass is 9.96. The van der Waals surface area contributed by atoms with Crippen molar-refractivity contribution >= 4 is 17.9 Å². The van der Waals surface area contributed by atoms with Crippen LogP contribution in [0.25, 0.3) is 0 Å². The molecule has 107 heavy (non-hydrogen) atoms. The highest BCUT2D eigenvalue weighted by Gasteiger charge is 2.56. The van der Waals surface area contributed by atoms with E-state index in [1.807, 2.05) is 212 Å². The predicted molar refractivity (Wildman–Crippen MR) is 393 cm³/mol. The van der Waals surface area contributed by atoms with E-state index < -0.39 is 123 Å². The smallest absolute Gasteiger partial charge is 0.338 e. The first-order valence-electron chi connectivity index (χ1n) is 35.9. The molecule has 13 rings (SSSR count). The highest BCUT2D eigenvalue weighted by Crippen LogP contribution is 2.37. The van der Waals surface area contributed by atoms with Gasteiger partial charge in [0.2, 0.25) is 0 Å². The molecule has 10 aromatic rings. The molecule has 0 radical (unpaired) electrons. The fraction of sp³-hybridized carbons (Fsp3) is 0.284. The first kappa shape index (κ1) is 75.3. The Morgan fingerprint density at radius 3 is 0.850 bits per heavy atom. The van der Waals surface area contributed by atoms with Gasteiger partial charge in [-0.25, -0.2) is 14.4 Å². The Bertz CT molecular complexity index is 4240. The fourth-order valence-electron chi connectivity index (χ4n) is 13.0. The van der Waals surface area contributed by atoms with Crippen LogP contribution in [0.1, 0.15) is 70.0 Å². The minimum atomic E-state index is -1.76. The van der Waals surface area contributed by atoms with Crippen molar-refractivity contribution in [2.75, 3.05) is 19.8 Å². The second-order valence-corrected chi connectivity index (χ2v) is 26.1. The molecule has 3 aliphatic heterocycles. The van der Waals surface area contributed by atoms with Crippen LogP contribution < -0.4 is 0 Å². The molecule has 3 heterocycles. The van der Waals surface area contributed by atoms with E-state index in [2.05, 4.69) is 0 Å². The average Bonchev–Trinajstić information content (AvgIpc) is 0.781. The van der Waals surface area contributed by atoms with Gasteiger partial charge in [0.25, 0.3) is 0 Å². The summed E-state index contributed by atoms with van der Waals surface area (Å²) in [6.07, 6.45) is -19.7. The summed E-state index contributed by atoms with van der Waals surface area (Å²) in [7, 11) is 0. The van der Waals surface area contributed by atoms with Gasteiger partial charge in [0, 0.05) is 0 Å². The summed E-state index contributed by atoms with van der Waals surface area (Å²) in [5.74, 6) is -2.61. The van der Waals surface area contributed by atoms with Gasteiger partial charge in [-0.1, -0.05) is 267 Å². The Balaban J connectivity index is 0.898. The van der Waals surface area contributed by atoms with E-state index in [0.29, 0.717) is 0 Å². The summed E-state index contributed by atoms with van der Waals surface area (Å²) < 4.78 is 103. The van der Waals surface area contributed by atoms with Gasteiger partial charge in [0.05, 0.1) is 82.8 Å². The monoisotopic (exact) mass is 1450 g/mol. The average molecular weight is 1450 g/mol. The SMILES string of the molecule is O=C(O[C@@H]1[C@@H](OC(=O)c2ccccc2)[C@H](OC[C@H]2O[C@H](O)[C@H](OCc3ccccc3)[C@@H](OCc3ccccc3)[C@@H]2OCc2ccccc2)O[C@H](CO[C@@H]2O[C@H](COCc3ccccc3)[C@@H](OCc3ccccc3)[C@H](OCc3ccccc3)[C@H]2OCc2ccccc2)[C@H]1OC(=O)c1ccccc1)c1ccccc1. The van der Waals surface area contributed by atoms with E-state index in [1.54, 1.807) is 91.0 Å². The normalized spacial score (nSPS) is 24.2. The van der Waals surface area contributed by atoms with E-state index >= 15 is 4.79 Å². The molecule has 552 valence electrons. The van der Waals surface area contributed by atoms with Gasteiger partial charge in [-0.15, -0.1) is 0 Å². The lowest BCUT2D eigenvalue weighted by Crippen LogP contribution is -2.65. The van der Waals surface area contributed by atoms with E-state index in [1.165, 1.54) is 0 Å². The molecule has 0 aliphatic carbocycles. The molecule has 0 aromatic heterocycles. The summed E-state index contributed by atoms with van der Waals surface area (Å²) in [5.41, 5.74) is 6.36. The third-order valence-electron chi connectivity index (χ3n) is 18.5.